The Morgan fingerprint density at radius 1 is 1.37 bits per heavy atom. The van der Waals surface area contributed by atoms with Crippen LogP contribution in [0.1, 0.15) is 28.8 Å². The number of aromatic nitrogens is 1. The second-order valence-corrected chi connectivity index (χ2v) is 8.10. The molecule has 0 radical (unpaired) electrons. The molecule has 0 bridgehead atoms. The second kappa shape index (κ2) is 10.4. The third-order valence-corrected chi connectivity index (χ3v) is 6.04. The molecule has 0 saturated carbocycles. The number of rotatable bonds is 8. The first kappa shape index (κ1) is 19.8. The predicted octanol–water partition coefficient (Wildman–Crippen LogP) is 3.36. The fourth-order valence-corrected chi connectivity index (χ4v) is 4.18. The van der Waals surface area contributed by atoms with Crippen LogP contribution in [-0.4, -0.2) is 49.1 Å². The summed E-state index contributed by atoms with van der Waals surface area (Å²) in [6, 6.07) is 10.4. The minimum Gasteiger partial charge on any atom is -0.376 e. The highest BCUT2D eigenvalue weighted by molar-refractivity contribution is 7.11. The molecule has 6 heteroatoms. The lowest BCUT2D eigenvalue weighted by atomic mass is 10.1. The first-order valence-corrected chi connectivity index (χ1v) is 10.6. The Kier molecular flexibility index (Phi) is 7.66. The van der Waals surface area contributed by atoms with Gasteiger partial charge in [0, 0.05) is 50.1 Å². The molecule has 1 aliphatic heterocycles. The van der Waals surface area contributed by atoms with E-state index in [1.807, 2.05) is 30.6 Å². The Bertz CT molecular complexity index is 716. The molecule has 5 nitrogen and oxygen atoms in total. The van der Waals surface area contributed by atoms with Gasteiger partial charge in [-0.25, -0.2) is 4.98 Å². The largest absolute Gasteiger partial charge is 0.376 e. The summed E-state index contributed by atoms with van der Waals surface area (Å²) in [5, 5.41) is 4.69. The third kappa shape index (κ3) is 6.04. The van der Waals surface area contributed by atoms with Gasteiger partial charge >= 0.3 is 0 Å². The maximum Gasteiger partial charge on any atom is 0.193 e. The van der Waals surface area contributed by atoms with Crippen molar-refractivity contribution in [3.63, 3.8) is 0 Å². The van der Waals surface area contributed by atoms with E-state index in [9.17, 15) is 0 Å². The first-order valence-electron chi connectivity index (χ1n) is 9.79. The number of aryl methyl sites for hydroxylation is 1. The van der Waals surface area contributed by atoms with E-state index in [-0.39, 0.29) is 0 Å². The van der Waals surface area contributed by atoms with Crippen molar-refractivity contribution < 1.29 is 4.74 Å². The van der Waals surface area contributed by atoms with E-state index >= 15 is 0 Å². The maximum atomic E-state index is 5.92. The zero-order valence-electron chi connectivity index (χ0n) is 16.4. The van der Waals surface area contributed by atoms with E-state index in [2.05, 4.69) is 51.4 Å². The highest BCUT2D eigenvalue weighted by Crippen LogP contribution is 2.18. The summed E-state index contributed by atoms with van der Waals surface area (Å²) in [7, 11) is 1.86. The fraction of sp³-hybridized carbons (Fsp3) is 0.524. The van der Waals surface area contributed by atoms with Crippen LogP contribution in [0.4, 0.5) is 0 Å². The van der Waals surface area contributed by atoms with Crippen LogP contribution in [0.15, 0.2) is 41.5 Å². The van der Waals surface area contributed by atoms with E-state index < -0.39 is 0 Å². The van der Waals surface area contributed by atoms with Gasteiger partial charge < -0.3 is 15.0 Å². The van der Waals surface area contributed by atoms with Gasteiger partial charge in [-0.15, -0.1) is 11.3 Å². The number of likely N-dealkylation sites (tertiary alicyclic amines) is 1. The third-order valence-electron chi connectivity index (χ3n) is 4.83. The number of benzene rings is 1. The Balaban J connectivity index is 1.37. The van der Waals surface area contributed by atoms with E-state index in [0.29, 0.717) is 12.5 Å². The molecule has 2 aromatic rings. The van der Waals surface area contributed by atoms with Crippen molar-refractivity contribution in [3.8, 4) is 0 Å². The molecule has 1 aliphatic rings. The molecule has 1 aromatic heterocycles. The molecule has 1 aromatic carbocycles. The van der Waals surface area contributed by atoms with E-state index in [4.69, 9.17) is 4.74 Å². The average Bonchev–Trinajstić information content (AvgIpc) is 3.36. The van der Waals surface area contributed by atoms with E-state index in [1.54, 1.807) is 0 Å². The SMILES string of the molecule is CCc1cnc(CCNC(=NC)N2CCC(COCc3ccccc3)C2)s1. The molecular weight excluding hydrogens is 356 g/mol. The molecule has 0 amide bonds. The molecule has 1 N–H and O–H groups in total. The number of nitrogens with zero attached hydrogens (tertiary/aromatic N) is 3. The summed E-state index contributed by atoms with van der Waals surface area (Å²) in [4.78, 5) is 12.6. The number of hydrogen-bond acceptors (Lipinski definition) is 4. The lowest BCUT2D eigenvalue weighted by Gasteiger charge is -2.21. The molecule has 146 valence electrons. The van der Waals surface area contributed by atoms with Crippen molar-refractivity contribution in [3.05, 3.63) is 52.0 Å². The van der Waals surface area contributed by atoms with Gasteiger partial charge in [-0.2, -0.15) is 0 Å². The first-order chi connectivity index (χ1) is 13.3. The lowest BCUT2D eigenvalue weighted by Crippen LogP contribution is -2.41. The fourth-order valence-electron chi connectivity index (χ4n) is 3.32. The second-order valence-electron chi connectivity index (χ2n) is 6.90. The quantitative estimate of drug-likeness (QED) is 0.558. The number of aliphatic imine (C=N–C) groups is 1. The van der Waals surface area contributed by atoms with Gasteiger partial charge in [0.25, 0.3) is 0 Å². The molecule has 3 rings (SSSR count). The summed E-state index contributed by atoms with van der Waals surface area (Å²) in [6.07, 6.45) is 5.16. The highest BCUT2D eigenvalue weighted by atomic mass is 32.1. The van der Waals surface area contributed by atoms with Crippen LogP contribution in [0.25, 0.3) is 0 Å². The Labute approximate surface area is 166 Å². The van der Waals surface area contributed by atoms with Crippen LogP contribution < -0.4 is 5.32 Å². The Morgan fingerprint density at radius 3 is 2.96 bits per heavy atom. The van der Waals surface area contributed by atoms with E-state index in [1.165, 1.54) is 15.4 Å². The number of hydrogen-bond donors (Lipinski definition) is 1. The molecule has 27 heavy (non-hydrogen) atoms. The van der Waals surface area contributed by atoms with Gasteiger partial charge in [-0.1, -0.05) is 37.3 Å². The molecule has 2 heterocycles. The highest BCUT2D eigenvalue weighted by Gasteiger charge is 2.24. The lowest BCUT2D eigenvalue weighted by molar-refractivity contribution is 0.0907. The van der Waals surface area contributed by atoms with Crippen LogP contribution in [0.5, 0.6) is 0 Å². The molecule has 1 saturated heterocycles. The smallest absolute Gasteiger partial charge is 0.193 e. The zero-order chi connectivity index (χ0) is 18.9. The van der Waals surface area contributed by atoms with Crippen LogP contribution in [0.3, 0.4) is 0 Å². The van der Waals surface area contributed by atoms with Crippen LogP contribution in [-0.2, 0) is 24.2 Å². The standard InChI is InChI=1S/C21H30N4OS/c1-3-19-13-24-20(27-19)9-11-23-21(22-2)25-12-10-18(14-25)16-26-15-17-7-5-4-6-8-17/h4-8,13,18H,3,9-12,14-16H2,1-2H3,(H,22,23). The van der Waals surface area contributed by atoms with Crippen molar-refractivity contribution in [2.45, 2.75) is 32.8 Å². The topological polar surface area (TPSA) is 49.8 Å². The molecule has 1 atom stereocenters. The van der Waals surface area contributed by atoms with Gasteiger partial charge in [-0.3, -0.25) is 4.99 Å². The van der Waals surface area contributed by atoms with Gasteiger partial charge in [0.05, 0.1) is 18.2 Å². The minimum absolute atomic E-state index is 0.568. The number of guanidine groups is 1. The monoisotopic (exact) mass is 386 g/mol. The van der Waals surface area contributed by atoms with Crippen LogP contribution in [0, 0.1) is 5.92 Å². The van der Waals surface area contributed by atoms with Crippen molar-refractivity contribution in [1.29, 1.82) is 0 Å². The Hall–Kier alpha value is -1.92. The van der Waals surface area contributed by atoms with Crippen LogP contribution >= 0.6 is 11.3 Å². The maximum absolute atomic E-state index is 5.92. The number of nitrogens with one attached hydrogen (secondary N) is 1. The van der Waals surface area contributed by atoms with Crippen molar-refractivity contribution in [1.82, 2.24) is 15.2 Å². The van der Waals surface area contributed by atoms with Crippen LogP contribution in [0.2, 0.25) is 0 Å². The summed E-state index contributed by atoms with van der Waals surface area (Å²) in [5.74, 6) is 1.56. The van der Waals surface area contributed by atoms with Gasteiger partial charge in [0.15, 0.2) is 5.96 Å². The predicted molar refractivity (Wildman–Crippen MR) is 112 cm³/mol. The average molecular weight is 387 g/mol. The Morgan fingerprint density at radius 2 is 2.22 bits per heavy atom. The molecule has 1 fully saturated rings. The normalized spacial score (nSPS) is 17.5. The summed E-state index contributed by atoms with van der Waals surface area (Å²) in [6.45, 7) is 6.58. The summed E-state index contributed by atoms with van der Waals surface area (Å²) in [5.41, 5.74) is 1.23. The van der Waals surface area contributed by atoms with Crippen molar-refractivity contribution in [2.75, 3.05) is 33.3 Å². The number of thiazole rings is 1. The van der Waals surface area contributed by atoms with Crippen molar-refractivity contribution >= 4 is 17.3 Å². The van der Waals surface area contributed by atoms with Gasteiger partial charge in [0.2, 0.25) is 0 Å². The summed E-state index contributed by atoms with van der Waals surface area (Å²) < 4.78 is 5.92. The molecular formula is C21H30N4OS. The number of ether oxygens (including phenoxy) is 1. The van der Waals surface area contributed by atoms with E-state index in [0.717, 1.165) is 51.5 Å². The minimum atomic E-state index is 0.568. The molecule has 0 aliphatic carbocycles. The molecule has 1 unspecified atom stereocenters. The van der Waals surface area contributed by atoms with Gasteiger partial charge in [-0.05, 0) is 18.4 Å². The van der Waals surface area contributed by atoms with Crippen molar-refractivity contribution in [2.24, 2.45) is 10.9 Å². The molecule has 0 spiro atoms. The zero-order valence-corrected chi connectivity index (χ0v) is 17.2. The van der Waals surface area contributed by atoms with Gasteiger partial charge in [0.1, 0.15) is 0 Å². The summed E-state index contributed by atoms with van der Waals surface area (Å²) >= 11 is 1.81.